The maximum atomic E-state index is 12.9. The van der Waals surface area contributed by atoms with E-state index in [9.17, 15) is 18.0 Å². The van der Waals surface area contributed by atoms with Crippen LogP contribution in [0.25, 0.3) is 0 Å². The summed E-state index contributed by atoms with van der Waals surface area (Å²) in [5.41, 5.74) is 3.43. The van der Waals surface area contributed by atoms with Crippen molar-refractivity contribution in [1.29, 1.82) is 0 Å². The van der Waals surface area contributed by atoms with Crippen LogP contribution in [0.1, 0.15) is 29.2 Å². The molecule has 0 spiro atoms. The molecule has 31 heavy (non-hydrogen) atoms. The van der Waals surface area contributed by atoms with E-state index >= 15 is 0 Å². The second-order valence-corrected chi connectivity index (χ2v) is 8.97. The van der Waals surface area contributed by atoms with Crippen LogP contribution >= 0.6 is 0 Å². The van der Waals surface area contributed by atoms with E-state index in [4.69, 9.17) is 9.47 Å². The minimum atomic E-state index is -3.97. The third kappa shape index (κ3) is 6.05. The van der Waals surface area contributed by atoms with Gasteiger partial charge in [-0.05, 0) is 81.1 Å². The Morgan fingerprint density at radius 3 is 2.06 bits per heavy atom. The minimum absolute atomic E-state index is 0.155. The van der Waals surface area contributed by atoms with Crippen molar-refractivity contribution in [3.63, 3.8) is 0 Å². The van der Waals surface area contributed by atoms with E-state index in [0.717, 1.165) is 11.1 Å². The SMILES string of the molecule is COc1ccc(NC(=O)COC(=O)C(C)NS(=O)(=O)c2c(C)c(C)cc(C)c2C)cc1. The third-order valence-corrected chi connectivity index (χ3v) is 6.78. The number of hydrogen-bond donors (Lipinski definition) is 2. The number of amides is 1. The molecule has 168 valence electrons. The summed E-state index contributed by atoms with van der Waals surface area (Å²) in [7, 11) is -2.43. The molecule has 0 heterocycles. The smallest absolute Gasteiger partial charge is 0.324 e. The van der Waals surface area contributed by atoms with Crippen LogP contribution in [0.2, 0.25) is 0 Å². The molecule has 0 bridgehead atoms. The van der Waals surface area contributed by atoms with Crippen molar-refractivity contribution in [3.8, 4) is 5.75 Å². The fourth-order valence-corrected chi connectivity index (χ4v) is 4.86. The first-order chi connectivity index (χ1) is 14.5. The number of nitrogens with one attached hydrogen (secondary N) is 2. The van der Waals surface area contributed by atoms with E-state index < -0.39 is 34.5 Å². The van der Waals surface area contributed by atoms with Crippen molar-refractivity contribution in [2.75, 3.05) is 19.0 Å². The quantitative estimate of drug-likeness (QED) is 0.601. The van der Waals surface area contributed by atoms with Gasteiger partial charge in [0.1, 0.15) is 11.8 Å². The normalized spacial score (nSPS) is 12.2. The number of carbonyl (C=O) groups excluding carboxylic acids is 2. The maximum Gasteiger partial charge on any atom is 0.324 e. The fourth-order valence-electron chi connectivity index (χ4n) is 3.06. The Labute approximate surface area is 183 Å². The first-order valence-corrected chi connectivity index (χ1v) is 11.1. The van der Waals surface area contributed by atoms with Crippen molar-refractivity contribution in [2.24, 2.45) is 0 Å². The summed E-state index contributed by atoms with van der Waals surface area (Å²) in [5, 5.41) is 2.58. The first-order valence-electron chi connectivity index (χ1n) is 9.66. The molecule has 0 radical (unpaired) electrons. The predicted molar refractivity (Wildman–Crippen MR) is 118 cm³/mol. The standard InChI is InChI=1S/C22H28N2O6S/c1-13-11-14(2)16(4)21(15(13)3)31(27,28)24-17(5)22(26)30-12-20(25)23-18-7-9-19(29-6)10-8-18/h7-11,17,24H,12H2,1-6H3,(H,23,25). The number of esters is 1. The van der Waals surface area contributed by atoms with Crippen LogP contribution in [-0.2, 0) is 24.3 Å². The highest BCUT2D eigenvalue weighted by atomic mass is 32.2. The van der Waals surface area contributed by atoms with Crippen LogP contribution < -0.4 is 14.8 Å². The van der Waals surface area contributed by atoms with E-state index in [-0.39, 0.29) is 4.90 Å². The molecule has 2 aromatic carbocycles. The molecule has 1 atom stereocenters. The van der Waals surface area contributed by atoms with Crippen LogP contribution in [0.5, 0.6) is 5.75 Å². The van der Waals surface area contributed by atoms with Crippen LogP contribution in [0.3, 0.4) is 0 Å². The van der Waals surface area contributed by atoms with Crippen LogP contribution in [0.15, 0.2) is 35.2 Å². The molecular weight excluding hydrogens is 420 g/mol. The van der Waals surface area contributed by atoms with Gasteiger partial charge in [0.05, 0.1) is 12.0 Å². The lowest BCUT2D eigenvalue weighted by molar-refractivity contribution is -0.148. The number of ether oxygens (including phenoxy) is 2. The van der Waals surface area contributed by atoms with Gasteiger partial charge in [-0.1, -0.05) is 6.07 Å². The fraction of sp³-hybridized carbons (Fsp3) is 0.364. The van der Waals surface area contributed by atoms with Crippen LogP contribution in [0.4, 0.5) is 5.69 Å². The molecule has 0 saturated carbocycles. The third-order valence-electron chi connectivity index (χ3n) is 4.97. The van der Waals surface area contributed by atoms with Gasteiger partial charge in [0.15, 0.2) is 6.61 Å². The highest BCUT2D eigenvalue weighted by Crippen LogP contribution is 2.26. The highest BCUT2D eigenvalue weighted by molar-refractivity contribution is 7.89. The van der Waals surface area contributed by atoms with Gasteiger partial charge in [-0.2, -0.15) is 4.72 Å². The van der Waals surface area contributed by atoms with Gasteiger partial charge in [-0.25, -0.2) is 8.42 Å². The second kappa shape index (κ2) is 9.93. The molecule has 0 aliphatic heterocycles. The van der Waals surface area contributed by atoms with E-state index in [1.165, 1.54) is 14.0 Å². The Morgan fingerprint density at radius 1 is 1.00 bits per heavy atom. The summed E-state index contributed by atoms with van der Waals surface area (Å²) in [5.74, 6) is -0.762. The number of aryl methyl sites for hydroxylation is 2. The lowest BCUT2D eigenvalue weighted by Gasteiger charge is -2.18. The van der Waals surface area contributed by atoms with E-state index in [1.54, 1.807) is 38.1 Å². The van der Waals surface area contributed by atoms with Crippen molar-refractivity contribution in [2.45, 2.75) is 45.6 Å². The topological polar surface area (TPSA) is 111 Å². The molecule has 0 saturated heterocycles. The minimum Gasteiger partial charge on any atom is -0.497 e. The van der Waals surface area contributed by atoms with Gasteiger partial charge in [-0.3, -0.25) is 9.59 Å². The number of sulfonamides is 1. The molecule has 0 fully saturated rings. The lowest BCUT2D eigenvalue weighted by Crippen LogP contribution is -2.41. The van der Waals surface area contributed by atoms with Crippen molar-refractivity contribution in [1.82, 2.24) is 4.72 Å². The number of benzene rings is 2. The van der Waals surface area contributed by atoms with E-state index in [2.05, 4.69) is 10.0 Å². The molecule has 2 N–H and O–H groups in total. The summed E-state index contributed by atoms with van der Waals surface area (Å²) in [6, 6.07) is 7.39. The summed E-state index contributed by atoms with van der Waals surface area (Å²) >= 11 is 0. The Hall–Kier alpha value is -2.91. The number of rotatable bonds is 8. The molecular formula is C22H28N2O6S. The Balaban J connectivity index is 1.99. The van der Waals surface area contributed by atoms with Crippen molar-refractivity contribution in [3.05, 3.63) is 52.6 Å². The molecule has 9 heteroatoms. The van der Waals surface area contributed by atoms with Crippen molar-refractivity contribution < 1.29 is 27.5 Å². The molecule has 1 unspecified atom stereocenters. The Bertz CT molecular complexity index is 1050. The summed E-state index contributed by atoms with van der Waals surface area (Å²) in [6.45, 7) is 7.94. The molecule has 0 aromatic heterocycles. The summed E-state index contributed by atoms with van der Waals surface area (Å²) in [4.78, 5) is 24.4. The van der Waals surface area contributed by atoms with Gasteiger partial charge in [-0.15, -0.1) is 0 Å². The molecule has 0 aliphatic rings. The van der Waals surface area contributed by atoms with Gasteiger partial charge in [0.25, 0.3) is 5.91 Å². The molecule has 8 nitrogen and oxygen atoms in total. The average Bonchev–Trinajstić information content (AvgIpc) is 2.70. The Morgan fingerprint density at radius 2 is 1.55 bits per heavy atom. The molecule has 2 rings (SSSR count). The average molecular weight is 449 g/mol. The van der Waals surface area contributed by atoms with Crippen LogP contribution in [-0.4, -0.2) is 40.1 Å². The number of methoxy groups -OCH3 is 1. The summed E-state index contributed by atoms with van der Waals surface area (Å²) in [6.07, 6.45) is 0. The largest absolute Gasteiger partial charge is 0.497 e. The summed E-state index contributed by atoms with van der Waals surface area (Å²) < 4.78 is 38.2. The molecule has 0 aliphatic carbocycles. The maximum absolute atomic E-state index is 12.9. The number of hydrogen-bond acceptors (Lipinski definition) is 6. The molecule has 2 aromatic rings. The number of carbonyl (C=O) groups is 2. The van der Waals surface area contributed by atoms with Crippen molar-refractivity contribution >= 4 is 27.6 Å². The van der Waals surface area contributed by atoms with Gasteiger partial charge in [0, 0.05) is 5.69 Å². The zero-order valence-corrected chi connectivity index (χ0v) is 19.3. The lowest BCUT2D eigenvalue weighted by atomic mass is 10.0. The van der Waals surface area contributed by atoms with E-state index in [1.807, 2.05) is 19.9 Å². The van der Waals surface area contributed by atoms with Gasteiger partial charge in [0.2, 0.25) is 10.0 Å². The van der Waals surface area contributed by atoms with Gasteiger partial charge >= 0.3 is 5.97 Å². The Kier molecular flexibility index (Phi) is 7.80. The zero-order chi connectivity index (χ0) is 23.3. The number of anilines is 1. The first kappa shape index (κ1) is 24.4. The highest BCUT2D eigenvalue weighted by Gasteiger charge is 2.27. The zero-order valence-electron chi connectivity index (χ0n) is 18.5. The van der Waals surface area contributed by atoms with Crippen LogP contribution in [0, 0.1) is 27.7 Å². The second-order valence-electron chi connectivity index (χ2n) is 7.32. The molecule has 1 amide bonds. The van der Waals surface area contributed by atoms with Gasteiger partial charge < -0.3 is 14.8 Å². The van der Waals surface area contributed by atoms with E-state index in [0.29, 0.717) is 22.6 Å². The predicted octanol–water partition coefficient (Wildman–Crippen LogP) is 2.78. The monoisotopic (exact) mass is 448 g/mol.